The van der Waals surface area contributed by atoms with Crippen LogP contribution in [0.5, 0.6) is 5.75 Å². The second-order valence-electron chi connectivity index (χ2n) is 5.71. The van der Waals surface area contributed by atoms with E-state index in [0.717, 1.165) is 28.7 Å². The van der Waals surface area contributed by atoms with Crippen molar-refractivity contribution in [3.8, 4) is 5.75 Å². The van der Waals surface area contributed by atoms with E-state index in [2.05, 4.69) is 24.3 Å². The van der Waals surface area contributed by atoms with E-state index >= 15 is 0 Å². The Bertz CT molecular complexity index is 825. The largest absolute Gasteiger partial charge is 0.484 e. The van der Waals surface area contributed by atoms with E-state index in [1.165, 1.54) is 0 Å². The highest BCUT2D eigenvalue weighted by Gasteiger charge is 2.38. The molecule has 2 atom stereocenters. The zero-order chi connectivity index (χ0) is 15.6. The summed E-state index contributed by atoms with van der Waals surface area (Å²) in [7, 11) is 0. The molecule has 1 heterocycles. The molecule has 112 valence electrons. The van der Waals surface area contributed by atoms with Crippen molar-refractivity contribution in [3.63, 3.8) is 0 Å². The zero-order valence-electron chi connectivity index (χ0n) is 12.6. The summed E-state index contributed by atoms with van der Waals surface area (Å²) in [6.45, 7) is 0. The number of ether oxygens (including phenoxy) is 1. The highest BCUT2D eigenvalue weighted by atomic mass is 16.5. The molecule has 0 aromatic heterocycles. The maximum absolute atomic E-state index is 11.5. The number of carbonyl (C=O) groups excluding carboxylic acids is 1. The quantitative estimate of drug-likeness (QED) is 0.652. The number of fused-ring (bicyclic) bond motifs is 1. The molecule has 1 aliphatic rings. The molecule has 4 rings (SSSR count). The number of hydrogen-bond acceptors (Lipinski definition) is 2. The lowest BCUT2D eigenvalue weighted by atomic mass is 9.83. The van der Waals surface area contributed by atoms with Gasteiger partial charge in [-0.1, -0.05) is 72.8 Å². The monoisotopic (exact) mass is 300 g/mol. The average Bonchev–Trinajstić information content (AvgIpc) is 3.03. The molecule has 2 heteroatoms. The molecule has 0 aliphatic carbocycles. The molecule has 0 bridgehead atoms. The predicted molar refractivity (Wildman–Crippen MR) is 89.9 cm³/mol. The van der Waals surface area contributed by atoms with Crippen molar-refractivity contribution in [1.29, 1.82) is 0 Å². The Morgan fingerprint density at radius 2 is 1.39 bits per heavy atom. The highest BCUT2D eigenvalue weighted by molar-refractivity contribution is 5.80. The van der Waals surface area contributed by atoms with Crippen molar-refractivity contribution < 1.29 is 9.53 Å². The van der Waals surface area contributed by atoms with Crippen LogP contribution in [0.2, 0.25) is 0 Å². The second kappa shape index (κ2) is 5.73. The first-order valence-electron chi connectivity index (χ1n) is 7.73. The summed E-state index contributed by atoms with van der Waals surface area (Å²) >= 11 is 0. The predicted octanol–water partition coefficient (Wildman–Crippen LogP) is 4.76. The van der Waals surface area contributed by atoms with Crippen molar-refractivity contribution in [3.05, 3.63) is 101 Å². The van der Waals surface area contributed by atoms with Gasteiger partial charge in [-0.05, 0) is 17.2 Å². The summed E-state index contributed by atoms with van der Waals surface area (Å²) in [5.74, 6) is 0.826. The molecule has 2 nitrogen and oxygen atoms in total. The normalized spacial score (nSPS) is 19.0. The topological polar surface area (TPSA) is 26.3 Å². The van der Waals surface area contributed by atoms with Gasteiger partial charge >= 0.3 is 0 Å². The summed E-state index contributed by atoms with van der Waals surface area (Å²) in [6.07, 6.45) is 0.806. The number of carbonyl (C=O) groups is 1. The summed E-state index contributed by atoms with van der Waals surface area (Å²) in [5.41, 5.74) is 3.97. The van der Waals surface area contributed by atoms with Gasteiger partial charge in [0, 0.05) is 11.1 Å². The summed E-state index contributed by atoms with van der Waals surface area (Å²) in [4.78, 5) is 11.5. The Hall–Kier alpha value is -2.87. The van der Waals surface area contributed by atoms with Gasteiger partial charge in [-0.2, -0.15) is 0 Å². The van der Waals surface area contributed by atoms with E-state index in [1.54, 1.807) is 0 Å². The minimum atomic E-state index is -0.116. The van der Waals surface area contributed by atoms with Crippen molar-refractivity contribution in [2.24, 2.45) is 0 Å². The van der Waals surface area contributed by atoms with E-state index in [-0.39, 0.29) is 12.0 Å². The molecule has 0 fully saturated rings. The third-order valence-corrected chi connectivity index (χ3v) is 4.38. The van der Waals surface area contributed by atoms with Crippen LogP contribution >= 0.6 is 0 Å². The SMILES string of the molecule is O=Cc1cccc2c1C(c1ccccc1)C(c1ccccc1)O2. The van der Waals surface area contributed by atoms with Gasteiger partial charge in [-0.25, -0.2) is 0 Å². The van der Waals surface area contributed by atoms with E-state index in [4.69, 9.17) is 4.74 Å². The lowest BCUT2D eigenvalue weighted by Crippen LogP contribution is -2.12. The molecule has 0 saturated heterocycles. The van der Waals surface area contributed by atoms with Crippen molar-refractivity contribution in [2.75, 3.05) is 0 Å². The lowest BCUT2D eigenvalue weighted by Gasteiger charge is -2.20. The highest BCUT2D eigenvalue weighted by Crippen LogP contribution is 2.50. The smallest absolute Gasteiger partial charge is 0.150 e. The van der Waals surface area contributed by atoms with Gasteiger partial charge in [0.2, 0.25) is 0 Å². The molecule has 3 aromatic rings. The second-order valence-corrected chi connectivity index (χ2v) is 5.71. The molecule has 2 unspecified atom stereocenters. The minimum Gasteiger partial charge on any atom is -0.484 e. The number of rotatable bonds is 3. The van der Waals surface area contributed by atoms with Gasteiger partial charge in [-0.3, -0.25) is 4.79 Å². The fraction of sp³-hybridized carbons (Fsp3) is 0.0952. The van der Waals surface area contributed by atoms with Crippen LogP contribution in [-0.2, 0) is 0 Å². The van der Waals surface area contributed by atoms with Crippen molar-refractivity contribution >= 4 is 6.29 Å². The van der Waals surface area contributed by atoms with Gasteiger partial charge in [0.25, 0.3) is 0 Å². The number of aldehydes is 1. The summed E-state index contributed by atoms with van der Waals surface area (Å²) in [6, 6.07) is 26.1. The van der Waals surface area contributed by atoms with Gasteiger partial charge in [0.1, 0.15) is 18.1 Å². The molecule has 0 spiro atoms. The number of hydrogen-bond donors (Lipinski definition) is 0. The molecule has 1 aliphatic heterocycles. The Labute approximate surface area is 135 Å². The summed E-state index contributed by atoms with van der Waals surface area (Å²) < 4.78 is 6.24. The Balaban J connectivity index is 1.91. The van der Waals surface area contributed by atoms with Crippen LogP contribution in [0.25, 0.3) is 0 Å². The van der Waals surface area contributed by atoms with Gasteiger partial charge < -0.3 is 4.74 Å². The Kier molecular flexibility index (Phi) is 3.43. The molecular weight excluding hydrogens is 284 g/mol. The summed E-state index contributed by atoms with van der Waals surface area (Å²) in [5, 5.41) is 0. The zero-order valence-corrected chi connectivity index (χ0v) is 12.6. The maximum atomic E-state index is 11.5. The Morgan fingerprint density at radius 3 is 2.04 bits per heavy atom. The first-order valence-corrected chi connectivity index (χ1v) is 7.73. The third kappa shape index (κ3) is 2.33. The standard InChI is InChI=1S/C21H16O2/c22-14-17-12-7-13-18-19(17)20(15-8-3-1-4-9-15)21(23-18)16-10-5-2-6-11-16/h1-14,20-21H. The van der Waals surface area contributed by atoms with Crippen LogP contribution in [0.4, 0.5) is 0 Å². The van der Waals surface area contributed by atoms with Crippen LogP contribution in [0.3, 0.4) is 0 Å². The van der Waals surface area contributed by atoms with E-state index in [1.807, 2.05) is 54.6 Å². The fourth-order valence-electron chi connectivity index (χ4n) is 3.36. The van der Waals surface area contributed by atoms with Crippen LogP contribution in [0.1, 0.15) is 39.1 Å². The van der Waals surface area contributed by atoms with Gasteiger partial charge in [-0.15, -0.1) is 0 Å². The molecule has 3 aromatic carbocycles. The Morgan fingerprint density at radius 1 is 0.739 bits per heavy atom. The van der Waals surface area contributed by atoms with E-state index in [0.29, 0.717) is 5.56 Å². The van der Waals surface area contributed by atoms with Crippen LogP contribution in [0.15, 0.2) is 78.9 Å². The van der Waals surface area contributed by atoms with Crippen LogP contribution < -0.4 is 4.74 Å². The molecule has 0 saturated carbocycles. The van der Waals surface area contributed by atoms with E-state index < -0.39 is 0 Å². The fourth-order valence-corrected chi connectivity index (χ4v) is 3.36. The molecule has 0 amide bonds. The third-order valence-electron chi connectivity index (χ3n) is 4.38. The molecule has 23 heavy (non-hydrogen) atoms. The van der Waals surface area contributed by atoms with E-state index in [9.17, 15) is 4.79 Å². The lowest BCUT2D eigenvalue weighted by molar-refractivity contribution is 0.112. The van der Waals surface area contributed by atoms with Crippen molar-refractivity contribution in [2.45, 2.75) is 12.0 Å². The molecular formula is C21H16O2. The maximum Gasteiger partial charge on any atom is 0.150 e. The average molecular weight is 300 g/mol. The van der Waals surface area contributed by atoms with Gasteiger partial charge in [0.05, 0.1) is 5.92 Å². The minimum absolute atomic E-state index is 0.0231. The number of benzene rings is 3. The van der Waals surface area contributed by atoms with Crippen molar-refractivity contribution in [1.82, 2.24) is 0 Å². The van der Waals surface area contributed by atoms with Crippen LogP contribution in [-0.4, -0.2) is 6.29 Å². The van der Waals surface area contributed by atoms with Gasteiger partial charge in [0.15, 0.2) is 0 Å². The molecule has 0 radical (unpaired) electrons. The van der Waals surface area contributed by atoms with Crippen LogP contribution in [0, 0.1) is 0 Å². The first-order chi connectivity index (χ1) is 11.4. The first kappa shape index (κ1) is 13.8. The molecule has 0 N–H and O–H groups in total.